The fraction of sp³-hybridized carbons (Fsp3) is 0.286. The summed E-state index contributed by atoms with van der Waals surface area (Å²) in [5.41, 5.74) is 3.38. The fourth-order valence-corrected chi connectivity index (χ4v) is 4.67. The molecule has 1 saturated carbocycles. The molecule has 34 heavy (non-hydrogen) atoms. The number of aromatic nitrogens is 2. The maximum Gasteiger partial charge on any atom is 0.252 e. The molecule has 4 aromatic rings. The number of hydrogen-bond donors (Lipinski definition) is 1. The van der Waals surface area contributed by atoms with Crippen molar-refractivity contribution in [2.75, 3.05) is 7.11 Å². The van der Waals surface area contributed by atoms with Gasteiger partial charge in [-0.05, 0) is 61.6 Å². The molecule has 1 amide bonds. The van der Waals surface area contributed by atoms with Gasteiger partial charge in [-0.2, -0.15) is 0 Å². The van der Waals surface area contributed by atoms with Crippen LogP contribution in [0.3, 0.4) is 0 Å². The first kappa shape index (κ1) is 22.0. The molecule has 0 saturated heterocycles. The molecular weight excluding hydrogens is 426 g/mol. The second-order valence-corrected chi connectivity index (χ2v) is 8.72. The second-order valence-electron chi connectivity index (χ2n) is 8.72. The first-order valence-corrected chi connectivity index (χ1v) is 11.8. The van der Waals surface area contributed by atoms with Gasteiger partial charge < -0.3 is 19.4 Å². The van der Waals surface area contributed by atoms with E-state index in [1.54, 1.807) is 19.2 Å². The number of benzene rings is 3. The molecule has 0 radical (unpaired) electrons. The Kier molecular flexibility index (Phi) is 6.21. The first-order valence-electron chi connectivity index (χ1n) is 11.8. The van der Waals surface area contributed by atoms with Crippen LogP contribution in [0.25, 0.3) is 11.0 Å². The van der Waals surface area contributed by atoms with Crippen LogP contribution in [0.15, 0.2) is 72.8 Å². The molecule has 174 valence electrons. The molecule has 1 aliphatic carbocycles. The van der Waals surface area contributed by atoms with Crippen LogP contribution >= 0.6 is 0 Å². The fourth-order valence-electron chi connectivity index (χ4n) is 4.67. The van der Waals surface area contributed by atoms with Gasteiger partial charge in [0.2, 0.25) is 0 Å². The molecule has 1 aromatic heterocycles. The smallest absolute Gasteiger partial charge is 0.252 e. The van der Waals surface area contributed by atoms with E-state index in [4.69, 9.17) is 14.5 Å². The molecule has 1 fully saturated rings. The lowest BCUT2D eigenvalue weighted by Gasteiger charge is -2.20. The number of nitrogens with one attached hydrogen (secondary N) is 1. The molecule has 5 rings (SSSR count). The zero-order chi connectivity index (χ0) is 23.5. The highest BCUT2D eigenvalue weighted by molar-refractivity contribution is 5.95. The normalized spacial score (nSPS) is 14.8. The zero-order valence-electron chi connectivity index (χ0n) is 19.5. The van der Waals surface area contributed by atoms with Crippen molar-refractivity contribution in [3.05, 3.63) is 89.7 Å². The number of carbonyl (C=O) groups excluding carboxylic acids is 1. The summed E-state index contributed by atoms with van der Waals surface area (Å²) in [6.45, 7) is 0. The number of fused-ring (bicyclic) bond motifs is 1. The number of rotatable bonds is 7. The van der Waals surface area contributed by atoms with Crippen molar-refractivity contribution in [1.82, 2.24) is 14.9 Å². The van der Waals surface area contributed by atoms with Gasteiger partial charge in [0.15, 0.2) is 11.5 Å². The maximum absolute atomic E-state index is 13.4. The molecule has 1 N–H and O–H groups in total. The zero-order valence-corrected chi connectivity index (χ0v) is 19.5. The summed E-state index contributed by atoms with van der Waals surface area (Å²) < 4.78 is 13.7. The van der Waals surface area contributed by atoms with Crippen LogP contribution in [0.5, 0.6) is 11.5 Å². The van der Waals surface area contributed by atoms with Crippen LogP contribution < -0.4 is 14.8 Å². The Morgan fingerprint density at radius 3 is 2.47 bits per heavy atom. The van der Waals surface area contributed by atoms with E-state index in [1.807, 2.05) is 72.3 Å². The lowest BCUT2D eigenvalue weighted by Crippen LogP contribution is -2.31. The van der Waals surface area contributed by atoms with Gasteiger partial charge in [0.1, 0.15) is 11.9 Å². The van der Waals surface area contributed by atoms with Crippen LogP contribution in [0.2, 0.25) is 0 Å². The Morgan fingerprint density at radius 2 is 1.74 bits per heavy atom. The number of carbonyl (C=O) groups is 1. The Bertz CT molecular complexity index is 1290. The quantitative estimate of drug-likeness (QED) is 0.404. The van der Waals surface area contributed by atoms with Crippen molar-refractivity contribution in [3.8, 4) is 11.5 Å². The molecule has 6 nitrogen and oxygen atoms in total. The Morgan fingerprint density at radius 1 is 1.00 bits per heavy atom. The van der Waals surface area contributed by atoms with E-state index in [1.165, 1.54) is 12.8 Å². The van der Waals surface area contributed by atoms with E-state index >= 15 is 0 Å². The van der Waals surface area contributed by atoms with E-state index in [9.17, 15) is 4.79 Å². The molecule has 0 aliphatic heterocycles. The van der Waals surface area contributed by atoms with Gasteiger partial charge >= 0.3 is 0 Å². The van der Waals surface area contributed by atoms with Gasteiger partial charge in [0, 0.05) is 12.6 Å². The summed E-state index contributed by atoms with van der Waals surface area (Å²) in [6, 6.07) is 22.8. The summed E-state index contributed by atoms with van der Waals surface area (Å²) in [5, 5.41) is 3.19. The Hall–Kier alpha value is -3.80. The molecule has 1 atom stereocenters. The molecule has 0 spiro atoms. The number of methoxy groups -OCH3 is 1. The minimum Gasteiger partial charge on any atom is -0.493 e. The van der Waals surface area contributed by atoms with Crippen LogP contribution in [0.4, 0.5) is 0 Å². The largest absolute Gasteiger partial charge is 0.493 e. The van der Waals surface area contributed by atoms with Crippen molar-refractivity contribution in [2.45, 2.75) is 37.8 Å². The highest BCUT2D eigenvalue weighted by Gasteiger charge is 2.24. The topological polar surface area (TPSA) is 65.4 Å². The number of hydrogen-bond acceptors (Lipinski definition) is 4. The summed E-state index contributed by atoms with van der Waals surface area (Å²) in [4.78, 5) is 18.3. The maximum atomic E-state index is 13.4. The van der Waals surface area contributed by atoms with Gasteiger partial charge in [-0.25, -0.2) is 4.98 Å². The second kappa shape index (κ2) is 9.59. The van der Waals surface area contributed by atoms with Crippen molar-refractivity contribution < 1.29 is 14.3 Å². The van der Waals surface area contributed by atoms with Crippen LogP contribution in [-0.2, 0) is 7.05 Å². The van der Waals surface area contributed by atoms with Crippen LogP contribution in [0.1, 0.15) is 53.5 Å². The summed E-state index contributed by atoms with van der Waals surface area (Å²) in [7, 11) is 3.58. The van der Waals surface area contributed by atoms with E-state index < -0.39 is 6.04 Å². The molecule has 1 heterocycles. The molecule has 3 aromatic carbocycles. The molecular formula is C28H29N3O3. The highest BCUT2D eigenvalue weighted by atomic mass is 16.5. The predicted molar refractivity (Wildman–Crippen MR) is 132 cm³/mol. The first-order chi connectivity index (χ1) is 16.6. The third-order valence-corrected chi connectivity index (χ3v) is 6.51. The third-order valence-electron chi connectivity index (χ3n) is 6.51. The van der Waals surface area contributed by atoms with Crippen molar-refractivity contribution in [1.29, 1.82) is 0 Å². The predicted octanol–water partition coefficient (Wildman–Crippen LogP) is 5.42. The number of amides is 1. The van der Waals surface area contributed by atoms with Crippen LogP contribution in [0, 0.1) is 0 Å². The van der Waals surface area contributed by atoms with Crippen molar-refractivity contribution in [3.63, 3.8) is 0 Å². The minimum absolute atomic E-state index is 0.202. The third kappa shape index (κ3) is 4.36. The summed E-state index contributed by atoms with van der Waals surface area (Å²) in [5.74, 6) is 1.82. The van der Waals surface area contributed by atoms with Gasteiger partial charge in [0.05, 0.1) is 24.2 Å². The van der Waals surface area contributed by atoms with Gasteiger partial charge in [-0.3, -0.25) is 4.79 Å². The molecule has 0 bridgehead atoms. The average molecular weight is 456 g/mol. The average Bonchev–Trinajstić information content (AvgIpc) is 3.51. The SMILES string of the molecule is COc1cc(C(=O)NC(c2ccccc2)c2nc3ccccc3n2C)ccc1OC1CCCC1. The number of aryl methyl sites for hydroxylation is 1. The Labute approximate surface area is 199 Å². The number of para-hydroxylation sites is 2. The number of nitrogens with zero attached hydrogens (tertiary/aromatic N) is 2. The summed E-state index contributed by atoms with van der Waals surface area (Å²) >= 11 is 0. The van der Waals surface area contributed by atoms with Gasteiger partial charge in [-0.15, -0.1) is 0 Å². The minimum atomic E-state index is -0.411. The van der Waals surface area contributed by atoms with Crippen LogP contribution in [-0.4, -0.2) is 28.7 Å². The monoisotopic (exact) mass is 455 g/mol. The van der Waals surface area contributed by atoms with Gasteiger partial charge in [0.25, 0.3) is 5.91 Å². The number of ether oxygens (including phenoxy) is 2. The van der Waals surface area contributed by atoms with Crippen molar-refractivity contribution in [2.24, 2.45) is 7.05 Å². The molecule has 1 aliphatic rings. The molecule has 6 heteroatoms. The highest BCUT2D eigenvalue weighted by Crippen LogP contribution is 2.33. The van der Waals surface area contributed by atoms with E-state index in [2.05, 4.69) is 5.32 Å². The van der Waals surface area contributed by atoms with E-state index in [0.29, 0.717) is 17.1 Å². The van der Waals surface area contributed by atoms with Crippen molar-refractivity contribution >= 4 is 16.9 Å². The lowest BCUT2D eigenvalue weighted by atomic mass is 10.1. The van der Waals surface area contributed by atoms with Gasteiger partial charge in [-0.1, -0.05) is 42.5 Å². The summed E-state index contributed by atoms with van der Waals surface area (Å²) in [6.07, 6.45) is 4.71. The standard InChI is InChI=1S/C28H29N3O3/c1-31-23-15-9-8-14-22(23)29-27(31)26(19-10-4-3-5-11-19)30-28(32)20-16-17-24(25(18-20)33-2)34-21-12-6-7-13-21/h3-5,8-11,14-18,21,26H,6-7,12-13H2,1-2H3,(H,30,32). The Balaban J connectivity index is 1.45. The van der Waals surface area contributed by atoms with E-state index in [-0.39, 0.29) is 12.0 Å². The lowest BCUT2D eigenvalue weighted by molar-refractivity contribution is 0.0940. The number of imidazole rings is 1. The molecule has 1 unspecified atom stereocenters. The van der Waals surface area contributed by atoms with E-state index in [0.717, 1.165) is 35.3 Å².